The van der Waals surface area contributed by atoms with Crippen LogP contribution in [0, 0.1) is 11.3 Å². The van der Waals surface area contributed by atoms with Gasteiger partial charge >= 0.3 is 0 Å². The van der Waals surface area contributed by atoms with Gasteiger partial charge in [0.1, 0.15) is 0 Å². The maximum absolute atomic E-state index is 12.0. The van der Waals surface area contributed by atoms with E-state index in [1.165, 1.54) is 6.42 Å². The van der Waals surface area contributed by atoms with E-state index >= 15 is 0 Å². The average molecular weight is 324 g/mol. The normalized spacial score (nSPS) is 24.8. The van der Waals surface area contributed by atoms with Crippen LogP contribution in [-0.2, 0) is 10.0 Å². The fourth-order valence-corrected chi connectivity index (χ4v) is 4.62. The van der Waals surface area contributed by atoms with Crippen LogP contribution in [0.5, 0.6) is 0 Å². The molecule has 1 saturated carbocycles. The Labute approximate surface area is 129 Å². The van der Waals surface area contributed by atoms with Gasteiger partial charge in [0.05, 0.1) is 5.75 Å². The first kappa shape index (κ1) is 18.2. The van der Waals surface area contributed by atoms with Gasteiger partial charge in [-0.05, 0) is 49.9 Å². The lowest BCUT2D eigenvalue weighted by atomic mass is 9.69. The van der Waals surface area contributed by atoms with Crippen molar-refractivity contribution in [3.63, 3.8) is 0 Å². The molecule has 1 aliphatic rings. The van der Waals surface area contributed by atoms with E-state index in [0.717, 1.165) is 38.0 Å². The van der Waals surface area contributed by atoms with Crippen molar-refractivity contribution in [2.45, 2.75) is 71.8 Å². The van der Waals surface area contributed by atoms with Gasteiger partial charge in [-0.25, -0.2) is 13.1 Å². The summed E-state index contributed by atoms with van der Waals surface area (Å²) in [5.74, 6) is 1.47. The molecular weight excluding hydrogens is 294 g/mol. The highest BCUT2D eigenvalue weighted by molar-refractivity contribution is 7.89. The van der Waals surface area contributed by atoms with Crippen LogP contribution < -0.4 is 4.72 Å². The third kappa shape index (κ3) is 5.90. The van der Waals surface area contributed by atoms with Crippen LogP contribution in [0.1, 0.15) is 65.7 Å². The molecule has 0 aromatic heterocycles. The quantitative estimate of drug-likeness (QED) is 0.543. The molecule has 1 fully saturated rings. The maximum atomic E-state index is 12.0. The van der Waals surface area contributed by atoms with Crippen molar-refractivity contribution in [3.05, 3.63) is 0 Å². The minimum Gasteiger partial charge on any atom is -0.212 e. The Morgan fingerprint density at radius 3 is 2.25 bits per heavy atom. The van der Waals surface area contributed by atoms with E-state index in [0.29, 0.717) is 17.7 Å². The summed E-state index contributed by atoms with van der Waals surface area (Å²) in [6.07, 6.45) is 6.82. The lowest BCUT2D eigenvalue weighted by molar-refractivity contribution is 0.142. The topological polar surface area (TPSA) is 46.2 Å². The SMILES string of the molecule is CCC(C)(C)C1CCC(NS(=O)(=O)CCCCCl)CC1. The number of rotatable bonds is 8. The van der Waals surface area contributed by atoms with Gasteiger partial charge in [-0.15, -0.1) is 11.6 Å². The predicted molar refractivity (Wildman–Crippen MR) is 86.7 cm³/mol. The third-order valence-corrected chi connectivity index (χ3v) is 6.67. The maximum Gasteiger partial charge on any atom is 0.211 e. The highest BCUT2D eigenvalue weighted by Gasteiger charge is 2.32. The van der Waals surface area contributed by atoms with E-state index in [9.17, 15) is 8.42 Å². The zero-order chi connectivity index (χ0) is 15.2. The van der Waals surface area contributed by atoms with Crippen molar-refractivity contribution in [1.29, 1.82) is 0 Å². The summed E-state index contributed by atoms with van der Waals surface area (Å²) >= 11 is 5.58. The van der Waals surface area contributed by atoms with Crippen LogP contribution in [0.3, 0.4) is 0 Å². The summed E-state index contributed by atoms with van der Waals surface area (Å²) < 4.78 is 26.8. The van der Waals surface area contributed by atoms with Gasteiger partial charge in [0.2, 0.25) is 10.0 Å². The Bertz CT molecular complexity index is 373. The number of unbranched alkanes of at least 4 members (excludes halogenated alkanes) is 1. The Balaban J connectivity index is 2.39. The zero-order valence-corrected chi connectivity index (χ0v) is 14.7. The van der Waals surface area contributed by atoms with Gasteiger partial charge in [-0.1, -0.05) is 27.2 Å². The van der Waals surface area contributed by atoms with Crippen molar-refractivity contribution in [2.75, 3.05) is 11.6 Å². The number of alkyl halides is 1. The van der Waals surface area contributed by atoms with Gasteiger partial charge < -0.3 is 0 Å². The number of sulfonamides is 1. The first-order valence-electron chi connectivity index (χ1n) is 7.86. The van der Waals surface area contributed by atoms with Gasteiger partial charge in [-0.3, -0.25) is 0 Å². The molecule has 3 nitrogen and oxygen atoms in total. The number of hydrogen-bond acceptors (Lipinski definition) is 2. The van der Waals surface area contributed by atoms with Crippen LogP contribution in [0.2, 0.25) is 0 Å². The minimum atomic E-state index is -3.12. The summed E-state index contributed by atoms with van der Waals surface area (Å²) in [5.41, 5.74) is 0.379. The molecule has 0 bridgehead atoms. The molecular formula is C15H30ClNO2S. The molecule has 0 atom stereocenters. The van der Waals surface area contributed by atoms with E-state index in [-0.39, 0.29) is 11.8 Å². The molecule has 5 heteroatoms. The monoisotopic (exact) mass is 323 g/mol. The average Bonchev–Trinajstić information content (AvgIpc) is 2.39. The van der Waals surface area contributed by atoms with Crippen molar-refractivity contribution < 1.29 is 8.42 Å². The third-order valence-electron chi connectivity index (χ3n) is 4.89. The van der Waals surface area contributed by atoms with Crippen LogP contribution in [0.15, 0.2) is 0 Å². The molecule has 0 aromatic carbocycles. The summed E-state index contributed by atoms with van der Waals surface area (Å²) in [6, 6.07) is 0.139. The zero-order valence-electron chi connectivity index (χ0n) is 13.1. The van der Waals surface area contributed by atoms with Gasteiger partial charge in [0, 0.05) is 11.9 Å². The molecule has 0 amide bonds. The lowest BCUT2D eigenvalue weighted by Gasteiger charge is -2.39. The Kier molecular flexibility index (Phi) is 7.30. The number of halogens is 1. The second-order valence-electron chi connectivity index (χ2n) is 6.72. The van der Waals surface area contributed by atoms with Crippen molar-refractivity contribution in [3.8, 4) is 0 Å². The Morgan fingerprint density at radius 1 is 1.15 bits per heavy atom. The summed E-state index contributed by atoms with van der Waals surface area (Å²) in [7, 11) is -3.12. The molecule has 0 unspecified atom stereocenters. The van der Waals surface area contributed by atoms with Crippen molar-refractivity contribution >= 4 is 21.6 Å². The molecule has 0 aromatic rings. The first-order chi connectivity index (χ1) is 9.30. The highest BCUT2D eigenvalue weighted by Crippen LogP contribution is 2.40. The first-order valence-corrected chi connectivity index (χ1v) is 10.1. The fourth-order valence-electron chi connectivity index (χ4n) is 2.98. The van der Waals surface area contributed by atoms with Crippen molar-refractivity contribution in [2.24, 2.45) is 11.3 Å². The van der Waals surface area contributed by atoms with Crippen LogP contribution in [0.4, 0.5) is 0 Å². The molecule has 0 spiro atoms. The molecule has 0 aliphatic heterocycles. The predicted octanol–water partition coefficient (Wildman–Crippen LogP) is 3.92. The van der Waals surface area contributed by atoms with Crippen LogP contribution >= 0.6 is 11.6 Å². The summed E-state index contributed by atoms with van der Waals surface area (Å²) in [6.45, 7) is 6.90. The summed E-state index contributed by atoms with van der Waals surface area (Å²) in [4.78, 5) is 0. The fraction of sp³-hybridized carbons (Fsp3) is 1.00. The molecule has 0 heterocycles. The number of nitrogens with one attached hydrogen (secondary N) is 1. The van der Waals surface area contributed by atoms with Crippen molar-refractivity contribution in [1.82, 2.24) is 4.72 Å². The smallest absolute Gasteiger partial charge is 0.211 e. The van der Waals surface area contributed by atoms with E-state index in [1.807, 2.05) is 0 Å². The second-order valence-corrected chi connectivity index (χ2v) is 8.97. The van der Waals surface area contributed by atoms with Gasteiger partial charge in [0.25, 0.3) is 0 Å². The van der Waals surface area contributed by atoms with E-state index in [2.05, 4.69) is 25.5 Å². The lowest BCUT2D eigenvalue weighted by Crippen LogP contribution is -2.40. The molecule has 1 aliphatic carbocycles. The molecule has 120 valence electrons. The van der Waals surface area contributed by atoms with Crippen LogP contribution in [0.25, 0.3) is 0 Å². The largest absolute Gasteiger partial charge is 0.212 e. The number of hydrogen-bond donors (Lipinski definition) is 1. The van der Waals surface area contributed by atoms with Gasteiger partial charge in [0.15, 0.2) is 0 Å². The molecule has 0 radical (unpaired) electrons. The van der Waals surface area contributed by atoms with Crippen LogP contribution in [-0.4, -0.2) is 26.1 Å². The Hall–Kier alpha value is 0.200. The Morgan fingerprint density at radius 2 is 1.75 bits per heavy atom. The van der Waals surface area contributed by atoms with E-state index in [4.69, 9.17) is 11.6 Å². The summed E-state index contributed by atoms with van der Waals surface area (Å²) in [5, 5.41) is 0. The molecule has 1 rings (SSSR count). The molecule has 1 N–H and O–H groups in total. The van der Waals surface area contributed by atoms with E-state index < -0.39 is 10.0 Å². The molecule has 20 heavy (non-hydrogen) atoms. The van der Waals surface area contributed by atoms with Gasteiger partial charge in [-0.2, -0.15) is 0 Å². The highest BCUT2D eigenvalue weighted by atomic mass is 35.5. The second kappa shape index (κ2) is 8.00. The standard InChI is InChI=1S/C15H30ClNO2S/c1-4-15(2,3)13-7-9-14(10-8-13)17-20(18,19)12-6-5-11-16/h13-14,17H,4-12H2,1-3H3. The molecule has 0 saturated heterocycles. The van der Waals surface area contributed by atoms with E-state index in [1.54, 1.807) is 0 Å². The minimum absolute atomic E-state index is 0.139.